The number of hydrogen-bond acceptors (Lipinski definition) is 0. The van der Waals surface area contributed by atoms with Gasteiger partial charge in [0.15, 0.2) is 0 Å². The smallest absolute Gasteiger partial charge is 0.0803 e. The standard InChI is InChI=1S/C8H16B/c1-2-4-6-8-9-7-5-3-1/h1-8H2. The number of hydrogen-bond donors (Lipinski definition) is 0. The summed E-state index contributed by atoms with van der Waals surface area (Å²) in [5.74, 6) is 0. The van der Waals surface area contributed by atoms with Crippen LogP contribution in [-0.2, 0) is 0 Å². The van der Waals surface area contributed by atoms with Gasteiger partial charge in [0, 0.05) is 0 Å². The Hall–Kier alpha value is 0.0649. The normalized spacial score (nSPS) is 23.1. The topological polar surface area (TPSA) is 0 Å². The highest BCUT2D eigenvalue weighted by Crippen LogP contribution is 2.12. The van der Waals surface area contributed by atoms with Gasteiger partial charge in [-0.05, 0) is 0 Å². The lowest BCUT2D eigenvalue weighted by atomic mass is 9.69. The highest BCUT2D eigenvalue weighted by molar-refractivity contribution is 6.35. The number of rotatable bonds is 0. The van der Waals surface area contributed by atoms with Crippen LogP contribution in [0.3, 0.4) is 0 Å². The lowest BCUT2D eigenvalue weighted by Gasteiger charge is -1.93. The van der Waals surface area contributed by atoms with Crippen LogP contribution < -0.4 is 0 Å². The van der Waals surface area contributed by atoms with Crippen LogP contribution in [0.25, 0.3) is 0 Å². The summed E-state index contributed by atoms with van der Waals surface area (Å²) in [6.07, 6.45) is 11.5. The van der Waals surface area contributed by atoms with Crippen LogP contribution in [-0.4, -0.2) is 7.28 Å². The Kier molecular flexibility index (Phi) is 3.91. The molecule has 1 rings (SSSR count). The first kappa shape index (κ1) is 7.18. The van der Waals surface area contributed by atoms with Gasteiger partial charge >= 0.3 is 0 Å². The van der Waals surface area contributed by atoms with Gasteiger partial charge in [-0.1, -0.05) is 51.2 Å². The summed E-state index contributed by atoms with van der Waals surface area (Å²) in [4.78, 5) is 0. The van der Waals surface area contributed by atoms with Crippen LogP contribution in [0.4, 0.5) is 0 Å². The van der Waals surface area contributed by atoms with E-state index in [0.29, 0.717) is 0 Å². The Bertz CT molecular complexity index is 33.1. The van der Waals surface area contributed by atoms with Gasteiger partial charge in [-0.15, -0.1) is 0 Å². The Balaban J connectivity index is 2.02. The summed E-state index contributed by atoms with van der Waals surface area (Å²) < 4.78 is 0. The molecule has 1 aliphatic heterocycles. The van der Waals surface area contributed by atoms with Gasteiger partial charge in [-0.2, -0.15) is 0 Å². The van der Waals surface area contributed by atoms with E-state index in [1.54, 1.807) is 0 Å². The second-order valence-electron chi connectivity index (χ2n) is 2.99. The van der Waals surface area contributed by atoms with Crippen molar-refractivity contribution in [3.05, 3.63) is 0 Å². The van der Waals surface area contributed by atoms with Crippen LogP contribution >= 0.6 is 0 Å². The lowest BCUT2D eigenvalue weighted by molar-refractivity contribution is 0.633. The van der Waals surface area contributed by atoms with Crippen molar-refractivity contribution in [2.24, 2.45) is 0 Å². The molecule has 0 aliphatic carbocycles. The summed E-state index contributed by atoms with van der Waals surface area (Å²) in [5.41, 5.74) is 0. The fourth-order valence-corrected chi connectivity index (χ4v) is 1.43. The average molecular weight is 123 g/mol. The van der Waals surface area contributed by atoms with E-state index in [2.05, 4.69) is 7.28 Å². The van der Waals surface area contributed by atoms with Crippen molar-refractivity contribution < 1.29 is 0 Å². The van der Waals surface area contributed by atoms with E-state index in [-0.39, 0.29) is 0 Å². The van der Waals surface area contributed by atoms with Crippen molar-refractivity contribution in [1.29, 1.82) is 0 Å². The van der Waals surface area contributed by atoms with E-state index in [0.717, 1.165) is 0 Å². The molecule has 51 valence electrons. The van der Waals surface area contributed by atoms with Gasteiger partial charge in [0.2, 0.25) is 0 Å². The summed E-state index contributed by atoms with van der Waals surface area (Å²) in [6, 6.07) is 0. The third kappa shape index (κ3) is 3.61. The van der Waals surface area contributed by atoms with Gasteiger partial charge in [-0.3, -0.25) is 0 Å². The third-order valence-corrected chi connectivity index (χ3v) is 2.07. The summed E-state index contributed by atoms with van der Waals surface area (Å²) in [6.45, 7) is 0. The third-order valence-electron chi connectivity index (χ3n) is 2.07. The largest absolute Gasteiger partial charge is 0.109 e. The predicted octanol–water partition coefficient (Wildman–Crippen LogP) is 2.88. The molecule has 0 aromatic heterocycles. The zero-order valence-electron chi connectivity index (χ0n) is 6.23. The van der Waals surface area contributed by atoms with Crippen LogP contribution in [0.15, 0.2) is 0 Å². The van der Waals surface area contributed by atoms with Crippen LogP contribution in [0.5, 0.6) is 0 Å². The first-order chi connectivity index (χ1) is 4.50. The highest BCUT2D eigenvalue weighted by atomic mass is 13.9. The molecule has 9 heavy (non-hydrogen) atoms. The second-order valence-corrected chi connectivity index (χ2v) is 2.99. The van der Waals surface area contributed by atoms with Crippen molar-refractivity contribution in [3.63, 3.8) is 0 Å². The van der Waals surface area contributed by atoms with E-state index < -0.39 is 0 Å². The molecule has 0 aromatic rings. The van der Waals surface area contributed by atoms with E-state index in [9.17, 15) is 0 Å². The zero-order valence-corrected chi connectivity index (χ0v) is 6.23. The maximum absolute atomic E-state index is 2.46. The molecule has 0 aromatic carbocycles. The minimum atomic E-state index is 1.38. The van der Waals surface area contributed by atoms with Crippen molar-refractivity contribution in [2.45, 2.75) is 51.2 Å². The molecular formula is C8H16B. The molecule has 1 radical (unpaired) electrons. The zero-order chi connectivity index (χ0) is 6.36. The SMILES string of the molecule is [B]1CCCCCCCC1. The van der Waals surface area contributed by atoms with Crippen molar-refractivity contribution >= 4 is 7.28 Å². The van der Waals surface area contributed by atoms with Crippen LogP contribution in [0.2, 0.25) is 12.6 Å². The second kappa shape index (κ2) is 4.90. The van der Waals surface area contributed by atoms with Gasteiger partial charge < -0.3 is 0 Å². The minimum Gasteiger partial charge on any atom is -0.0803 e. The Morgan fingerprint density at radius 3 is 1.56 bits per heavy atom. The lowest BCUT2D eigenvalue weighted by Crippen LogP contribution is -1.85. The minimum absolute atomic E-state index is 1.38. The first-order valence-corrected chi connectivity index (χ1v) is 4.32. The van der Waals surface area contributed by atoms with E-state index in [1.807, 2.05) is 0 Å². The van der Waals surface area contributed by atoms with Crippen molar-refractivity contribution in [1.82, 2.24) is 0 Å². The van der Waals surface area contributed by atoms with E-state index in [4.69, 9.17) is 0 Å². The quantitative estimate of drug-likeness (QED) is 0.434. The molecule has 0 nitrogen and oxygen atoms in total. The van der Waals surface area contributed by atoms with Crippen LogP contribution in [0, 0.1) is 0 Å². The maximum Gasteiger partial charge on any atom is 0.109 e. The summed E-state index contributed by atoms with van der Waals surface area (Å²) >= 11 is 0. The predicted molar refractivity (Wildman–Crippen MR) is 43.1 cm³/mol. The molecule has 0 bridgehead atoms. The fraction of sp³-hybridized carbons (Fsp3) is 1.00. The molecule has 0 amide bonds. The van der Waals surface area contributed by atoms with Gasteiger partial charge in [0.1, 0.15) is 7.28 Å². The molecule has 0 unspecified atom stereocenters. The van der Waals surface area contributed by atoms with E-state index >= 15 is 0 Å². The van der Waals surface area contributed by atoms with Gasteiger partial charge in [0.05, 0.1) is 0 Å². The average Bonchev–Trinajstić information content (AvgIpc) is 2.00. The molecule has 1 heteroatoms. The van der Waals surface area contributed by atoms with Crippen LogP contribution in [0.1, 0.15) is 38.5 Å². The summed E-state index contributed by atoms with van der Waals surface area (Å²) in [5, 5.41) is 0. The molecule has 1 fully saturated rings. The fourth-order valence-electron chi connectivity index (χ4n) is 1.43. The Morgan fingerprint density at radius 1 is 0.556 bits per heavy atom. The summed E-state index contributed by atoms with van der Waals surface area (Å²) in [7, 11) is 2.46. The van der Waals surface area contributed by atoms with Gasteiger partial charge in [0.25, 0.3) is 0 Å². The molecule has 0 spiro atoms. The first-order valence-electron chi connectivity index (χ1n) is 4.32. The monoisotopic (exact) mass is 123 g/mol. The molecule has 0 N–H and O–H groups in total. The van der Waals surface area contributed by atoms with E-state index in [1.165, 1.54) is 51.2 Å². The van der Waals surface area contributed by atoms with Crippen molar-refractivity contribution in [3.8, 4) is 0 Å². The molecule has 1 saturated heterocycles. The highest BCUT2D eigenvalue weighted by Gasteiger charge is 1.96. The van der Waals surface area contributed by atoms with Crippen molar-refractivity contribution in [2.75, 3.05) is 0 Å². The molecule has 1 aliphatic rings. The molecule has 0 saturated carbocycles. The molecule has 0 atom stereocenters. The Labute approximate surface area is 59.3 Å². The molecule has 1 heterocycles. The van der Waals surface area contributed by atoms with Gasteiger partial charge in [-0.25, -0.2) is 0 Å². The maximum atomic E-state index is 2.46. The Morgan fingerprint density at radius 2 is 1.00 bits per heavy atom. The molecular weight excluding hydrogens is 107 g/mol.